The van der Waals surface area contributed by atoms with E-state index in [9.17, 15) is 5.11 Å². The Bertz CT molecular complexity index is 2020. The molecule has 0 aromatic heterocycles. The lowest BCUT2D eigenvalue weighted by Crippen LogP contribution is -2.14. The minimum atomic E-state index is -0.120. The molecule has 0 unspecified atom stereocenters. The SMILES string of the molecule is C/C(O)=C1\C=C2N=C1C=C1CC(C)(C)C(=CC3=NC(=C(c4ccc(C)cc4)C4=NC(=C2c2c(C)cc(C)cc2C)C=C4)C=C3)N1. The first-order valence-corrected chi connectivity index (χ1v) is 15.6. The van der Waals surface area contributed by atoms with Gasteiger partial charge in [0.1, 0.15) is 0 Å². The van der Waals surface area contributed by atoms with Crippen molar-refractivity contribution in [1.82, 2.24) is 5.32 Å². The second-order valence-electron chi connectivity index (χ2n) is 13.3. The Balaban J connectivity index is 1.56. The number of nitrogens with zero attached hydrogens (tertiary/aromatic N) is 3. The number of fused-ring (bicyclic) bond motifs is 5. The highest BCUT2D eigenvalue weighted by Crippen LogP contribution is 2.42. The van der Waals surface area contributed by atoms with E-state index < -0.39 is 0 Å². The first-order valence-electron chi connectivity index (χ1n) is 15.6. The third kappa shape index (κ3) is 5.12. The van der Waals surface area contributed by atoms with Gasteiger partial charge in [0.25, 0.3) is 0 Å². The number of nitrogens with one attached hydrogen (secondary N) is 1. The highest BCUT2D eigenvalue weighted by molar-refractivity contribution is 6.32. The van der Waals surface area contributed by atoms with E-state index in [1.165, 1.54) is 11.1 Å². The summed E-state index contributed by atoms with van der Waals surface area (Å²) < 4.78 is 0. The van der Waals surface area contributed by atoms with Crippen molar-refractivity contribution in [3.63, 3.8) is 0 Å². The quantitative estimate of drug-likeness (QED) is 0.343. The molecule has 5 aliphatic heterocycles. The van der Waals surface area contributed by atoms with Crippen LogP contribution in [0.3, 0.4) is 0 Å². The number of aliphatic hydroxyl groups is 1. The van der Waals surface area contributed by atoms with Crippen LogP contribution in [0.1, 0.15) is 60.6 Å². The molecule has 2 aromatic rings. The van der Waals surface area contributed by atoms with E-state index in [2.05, 4.69) is 120 Å². The van der Waals surface area contributed by atoms with Crippen LogP contribution < -0.4 is 5.32 Å². The second kappa shape index (κ2) is 10.6. The molecular weight excluding hydrogens is 552 g/mol. The molecule has 1 saturated heterocycles. The predicted molar refractivity (Wildman–Crippen MR) is 187 cm³/mol. The summed E-state index contributed by atoms with van der Waals surface area (Å²) in [5.41, 5.74) is 16.6. The van der Waals surface area contributed by atoms with Crippen LogP contribution in [0.15, 0.2) is 134 Å². The van der Waals surface area contributed by atoms with E-state index in [0.717, 1.165) is 91.0 Å². The first kappa shape index (κ1) is 28.7. The number of aliphatic hydroxyl groups excluding tert-OH is 1. The number of hydrogen-bond acceptors (Lipinski definition) is 5. The number of rotatable bonds is 2. The third-order valence-corrected chi connectivity index (χ3v) is 9.04. The van der Waals surface area contributed by atoms with E-state index in [-0.39, 0.29) is 11.2 Å². The van der Waals surface area contributed by atoms with Gasteiger partial charge in [-0.3, -0.25) is 0 Å². The van der Waals surface area contributed by atoms with Gasteiger partial charge in [0.15, 0.2) is 0 Å². The maximum absolute atomic E-state index is 10.9. The Labute approximate surface area is 265 Å². The summed E-state index contributed by atoms with van der Waals surface area (Å²) in [6.07, 6.45) is 15.4. The molecule has 0 spiro atoms. The lowest BCUT2D eigenvalue weighted by Gasteiger charge is -2.17. The normalized spacial score (nSPS) is 21.0. The van der Waals surface area contributed by atoms with Gasteiger partial charge in [-0.2, -0.15) is 0 Å². The van der Waals surface area contributed by atoms with Gasteiger partial charge in [-0.1, -0.05) is 61.4 Å². The number of hydrogen-bond donors (Lipinski definition) is 2. The Hall–Kier alpha value is -5.03. The molecule has 0 aliphatic carbocycles. The van der Waals surface area contributed by atoms with Crippen LogP contribution in [0.4, 0.5) is 0 Å². The lowest BCUT2D eigenvalue weighted by molar-refractivity contribution is 0.412. The minimum absolute atomic E-state index is 0.120. The zero-order valence-electron chi connectivity index (χ0n) is 27.0. The summed E-state index contributed by atoms with van der Waals surface area (Å²) >= 11 is 0. The van der Waals surface area contributed by atoms with Gasteiger partial charge in [-0.05, 0) is 106 Å². The highest BCUT2D eigenvalue weighted by Gasteiger charge is 2.34. The van der Waals surface area contributed by atoms with E-state index in [1.54, 1.807) is 6.92 Å². The van der Waals surface area contributed by atoms with Crippen molar-refractivity contribution < 1.29 is 5.11 Å². The van der Waals surface area contributed by atoms with Gasteiger partial charge < -0.3 is 10.4 Å². The Kier molecular flexibility index (Phi) is 6.74. The standard InChI is InChI=1S/C40H38N4O/c1-22-8-10-27(11-9-22)38-31-13-12-28(41-31)19-36-40(6,7)21-29(42-36)18-34-30(26(5)45)20-35(44-34)39(33-15-14-32(38)43-33)37-24(3)16-23(2)17-25(37)4/h8-20,42,45H,21H2,1-7H3/b29-18?,30-26-,36-19?,38-31?,39-33?. The van der Waals surface area contributed by atoms with Gasteiger partial charge >= 0.3 is 0 Å². The number of benzene rings is 2. The lowest BCUT2D eigenvalue weighted by atomic mass is 9.87. The monoisotopic (exact) mass is 590 g/mol. The first-order chi connectivity index (χ1) is 21.5. The molecule has 5 aliphatic rings. The zero-order chi connectivity index (χ0) is 31.6. The van der Waals surface area contributed by atoms with Crippen molar-refractivity contribution >= 4 is 28.3 Å². The molecule has 0 amide bonds. The summed E-state index contributed by atoms with van der Waals surface area (Å²) in [5.74, 6) is 0.239. The molecule has 0 radical (unpaired) electrons. The van der Waals surface area contributed by atoms with E-state index in [1.807, 2.05) is 6.08 Å². The topological polar surface area (TPSA) is 69.3 Å². The molecule has 0 saturated carbocycles. The predicted octanol–water partition coefficient (Wildman–Crippen LogP) is 9.04. The van der Waals surface area contributed by atoms with Crippen LogP contribution in [-0.2, 0) is 0 Å². The van der Waals surface area contributed by atoms with Crippen molar-refractivity contribution in [2.24, 2.45) is 20.4 Å². The molecule has 2 aromatic carbocycles. The molecule has 2 N–H and O–H groups in total. The fourth-order valence-electron chi connectivity index (χ4n) is 6.90. The van der Waals surface area contributed by atoms with Gasteiger partial charge in [0.05, 0.1) is 40.0 Å². The van der Waals surface area contributed by atoms with Crippen molar-refractivity contribution in [2.45, 2.75) is 54.9 Å². The zero-order valence-corrected chi connectivity index (χ0v) is 27.0. The Morgan fingerprint density at radius 3 is 2.16 bits per heavy atom. The largest absolute Gasteiger partial charge is 0.512 e. The Morgan fingerprint density at radius 2 is 1.44 bits per heavy atom. The second-order valence-corrected chi connectivity index (χ2v) is 13.3. The van der Waals surface area contributed by atoms with E-state index >= 15 is 0 Å². The molecule has 5 heterocycles. The van der Waals surface area contributed by atoms with Crippen LogP contribution in [0.2, 0.25) is 0 Å². The van der Waals surface area contributed by atoms with Gasteiger partial charge in [-0.15, -0.1) is 0 Å². The van der Waals surface area contributed by atoms with Crippen LogP contribution in [0, 0.1) is 33.1 Å². The Morgan fingerprint density at radius 1 is 0.756 bits per heavy atom. The van der Waals surface area contributed by atoms with Gasteiger partial charge in [0, 0.05) is 33.5 Å². The smallest absolute Gasteiger partial charge is 0.0986 e. The van der Waals surface area contributed by atoms with Gasteiger partial charge in [0.2, 0.25) is 0 Å². The van der Waals surface area contributed by atoms with Crippen LogP contribution in [0.5, 0.6) is 0 Å². The molecular formula is C40H38N4O. The third-order valence-electron chi connectivity index (χ3n) is 9.04. The molecule has 5 heteroatoms. The molecule has 224 valence electrons. The van der Waals surface area contributed by atoms with Crippen molar-refractivity contribution in [3.05, 3.63) is 152 Å². The van der Waals surface area contributed by atoms with Crippen molar-refractivity contribution in [2.75, 3.05) is 0 Å². The maximum Gasteiger partial charge on any atom is 0.0986 e. The number of aliphatic imine (C=N–C) groups is 3. The average molecular weight is 591 g/mol. The van der Waals surface area contributed by atoms with Crippen LogP contribution in [-0.4, -0.2) is 22.2 Å². The molecule has 5 nitrogen and oxygen atoms in total. The van der Waals surface area contributed by atoms with Crippen LogP contribution >= 0.6 is 0 Å². The van der Waals surface area contributed by atoms with E-state index in [0.29, 0.717) is 0 Å². The molecule has 8 bridgehead atoms. The highest BCUT2D eigenvalue weighted by atomic mass is 16.3. The van der Waals surface area contributed by atoms with E-state index in [4.69, 9.17) is 15.0 Å². The summed E-state index contributed by atoms with van der Waals surface area (Å²) in [7, 11) is 0. The fourth-order valence-corrected chi connectivity index (χ4v) is 6.90. The number of aryl methyl sites for hydroxylation is 4. The van der Waals surface area contributed by atoms with Crippen molar-refractivity contribution in [1.29, 1.82) is 0 Å². The van der Waals surface area contributed by atoms with Crippen molar-refractivity contribution in [3.8, 4) is 0 Å². The van der Waals surface area contributed by atoms with Crippen LogP contribution in [0.25, 0.3) is 11.1 Å². The summed E-state index contributed by atoms with van der Waals surface area (Å²) in [6.45, 7) is 14.7. The molecule has 45 heavy (non-hydrogen) atoms. The average Bonchev–Trinajstić information content (AvgIpc) is 3.75. The molecule has 7 rings (SSSR count). The maximum atomic E-state index is 10.9. The summed E-state index contributed by atoms with van der Waals surface area (Å²) in [5, 5.41) is 14.5. The number of allylic oxidation sites excluding steroid dienone is 13. The summed E-state index contributed by atoms with van der Waals surface area (Å²) in [4.78, 5) is 15.7. The molecule has 1 fully saturated rings. The minimum Gasteiger partial charge on any atom is -0.512 e. The fraction of sp³-hybridized carbons (Fsp3) is 0.225. The van der Waals surface area contributed by atoms with Gasteiger partial charge in [-0.25, -0.2) is 15.0 Å². The summed E-state index contributed by atoms with van der Waals surface area (Å²) in [6, 6.07) is 13.0. The molecule has 0 atom stereocenters.